The fraction of sp³-hybridized carbons (Fsp3) is 0.300. The topological polar surface area (TPSA) is 181 Å². The normalized spacial score (nSPS) is 12.1. The van der Waals surface area contributed by atoms with Gasteiger partial charge in [0.05, 0.1) is 13.7 Å². The lowest BCUT2D eigenvalue weighted by molar-refractivity contribution is -0.123. The second-order valence-corrected chi connectivity index (χ2v) is 11.4. The van der Waals surface area contributed by atoms with Crippen LogP contribution in [0, 0.1) is 0 Å². The average Bonchev–Trinajstić information content (AvgIpc) is 3.01. The molecule has 0 aliphatic rings. The Kier molecular flexibility index (Phi) is 12.4. The van der Waals surface area contributed by atoms with Crippen molar-refractivity contribution in [2.75, 3.05) is 20.3 Å². The Hall–Kier alpha value is -4.52. The quantitative estimate of drug-likeness (QED) is 0.0908. The number of hydrogen-bond acceptors (Lipinski definition) is 8. The molecule has 12 nitrogen and oxygen atoms in total. The van der Waals surface area contributed by atoms with E-state index in [1.54, 1.807) is 30.3 Å². The van der Waals surface area contributed by atoms with Gasteiger partial charge in [-0.25, -0.2) is 9.59 Å². The van der Waals surface area contributed by atoms with Crippen molar-refractivity contribution >= 4 is 25.6 Å². The van der Waals surface area contributed by atoms with E-state index in [2.05, 4.69) is 15.4 Å². The second kappa shape index (κ2) is 16.0. The zero-order chi connectivity index (χ0) is 33.0. The molecule has 3 aromatic carbocycles. The maximum Gasteiger partial charge on any atom is 0.408 e. The summed E-state index contributed by atoms with van der Waals surface area (Å²) < 4.78 is 54.8. The third-order valence-corrected chi connectivity index (χ3v) is 7.44. The van der Waals surface area contributed by atoms with Crippen LogP contribution in [0.4, 0.5) is 13.6 Å². The predicted molar refractivity (Wildman–Crippen MR) is 157 cm³/mol. The third-order valence-electron chi connectivity index (χ3n) is 6.45. The van der Waals surface area contributed by atoms with Crippen molar-refractivity contribution in [1.82, 2.24) is 10.6 Å². The predicted octanol–water partition coefficient (Wildman–Crippen LogP) is 4.22. The van der Waals surface area contributed by atoms with Gasteiger partial charge in [0, 0.05) is 18.5 Å². The molecule has 3 aromatic rings. The van der Waals surface area contributed by atoms with Gasteiger partial charge >= 0.3 is 25.3 Å². The number of carbonyl (C=O) groups is 3. The van der Waals surface area contributed by atoms with Crippen molar-refractivity contribution in [1.29, 1.82) is 0 Å². The van der Waals surface area contributed by atoms with Crippen LogP contribution in [-0.4, -0.2) is 59.2 Å². The standard InChI is InChI=1S/C30H33F2N2O10P/c1-42-28(37)26-24(35)10-7-11-25(26)43-17-6-5-16-33-27(36)23(34-29(38)44-19-21-8-3-2-4-9-21)18-20-12-14-22(15-13-20)30(31,32)45(39,40)41/h2-4,7-15,23,35H,5-6,16-19H2,1H3,(H,33,36)(H,34,38)(H2,39,40,41). The summed E-state index contributed by atoms with van der Waals surface area (Å²) in [6.45, 7) is 0.239. The lowest BCUT2D eigenvalue weighted by Crippen LogP contribution is -2.48. The largest absolute Gasteiger partial charge is 0.507 e. The summed E-state index contributed by atoms with van der Waals surface area (Å²) in [5.41, 5.74) is -4.37. The lowest BCUT2D eigenvalue weighted by Gasteiger charge is -2.20. The van der Waals surface area contributed by atoms with Gasteiger partial charge in [-0.05, 0) is 36.1 Å². The van der Waals surface area contributed by atoms with Crippen molar-refractivity contribution in [2.24, 2.45) is 0 Å². The minimum absolute atomic E-state index is 0.0654. The molecule has 242 valence electrons. The first-order valence-electron chi connectivity index (χ1n) is 13.6. The van der Waals surface area contributed by atoms with Crippen molar-refractivity contribution < 1.29 is 56.8 Å². The van der Waals surface area contributed by atoms with Gasteiger partial charge in [-0.2, -0.15) is 8.78 Å². The number of halogens is 2. The molecule has 0 aliphatic heterocycles. The number of unbranched alkanes of at least 4 members (excludes halogenated alkanes) is 1. The molecule has 0 aromatic heterocycles. The van der Waals surface area contributed by atoms with Gasteiger partial charge < -0.3 is 39.7 Å². The van der Waals surface area contributed by atoms with Crippen LogP contribution in [0.3, 0.4) is 0 Å². The SMILES string of the molecule is COC(=O)c1c(O)cccc1OCCCCNC(=O)C(Cc1ccc(C(F)(F)P(=O)(O)O)cc1)NC(=O)OCc1ccccc1. The molecule has 0 fully saturated rings. The molecule has 5 N–H and O–H groups in total. The van der Waals surface area contributed by atoms with Gasteiger partial charge in [0.25, 0.3) is 0 Å². The van der Waals surface area contributed by atoms with Gasteiger partial charge in [0.1, 0.15) is 29.7 Å². The monoisotopic (exact) mass is 650 g/mol. The van der Waals surface area contributed by atoms with Gasteiger partial charge in [-0.1, -0.05) is 60.7 Å². The summed E-state index contributed by atoms with van der Waals surface area (Å²) in [4.78, 5) is 55.5. The third kappa shape index (κ3) is 10.00. The number of ether oxygens (including phenoxy) is 3. The number of aromatic hydroxyl groups is 1. The summed E-state index contributed by atoms with van der Waals surface area (Å²) in [6, 6.07) is 16.0. The van der Waals surface area contributed by atoms with Crippen LogP contribution in [0.15, 0.2) is 72.8 Å². The summed E-state index contributed by atoms with van der Waals surface area (Å²) in [7, 11) is -4.59. The number of carbonyl (C=O) groups excluding carboxylic acids is 3. The Morgan fingerprint density at radius 3 is 2.27 bits per heavy atom. The maximum absolute atomic E-state index is 14.1. The van der Waals surface area contributed by atoms with E-state index in [9.17, 15) is 32.8 Å². The highest BCUT2D eigenvalue weighted by molar-refractivity contribution is 7.52. The number of hydrogen-bond donors (Lipinski definition) is 5. The van der Waals surface area contributed by atoms with Gasteiger partial charge in [-0.3, -0.25) is 9.36 Å². The zero-order valence-corrected chi connectivity index (χ0v) is 25.0. The fourth-order valence-electron chi connectivity index (χ4n) is 4.05. The van der Waals surface area contributed by atoms with E-state index in [4.69, 9.17) is 19.3 Å². The summed E-state index contributed by atoms with van der Waals surface area (Å²) in [5.74, 6) is -1.52. The number of benzene rings is 3. The minimum Gasteiger partial charge on any atom is -0.507 e. The number of esters is 1. The number of methoxy groups -OCH3 is 1. The highest BCUT2D eigenvalue weighted by atomic mass is 31.2. The first-order chi connectivity index (χ1) is 21.3. The second-order valence-electron chi connectivity index (χ2n) is 9.73. The molecule has 45 heavy (non-hydrogen) atoms. The molecule has 0 aliphatic carbocycles. The van der Waals surface area contributed by atoms with E-state index in [1.165, 1.54) is 37.4 Å². The number of rotatable bonds is 15. The Balaban J connectivity index is 1.59. The number of phenols is 1. The molecule has 0 spiro atoms. The molecule has 0 radical (unpaired) electrons. The molecule has 0 bridgehead atoms. The first-order valence-corrected chi connectivity index (χ1v) is 15.3. The van der Waals surface area contributed by atoms with Gasteiger partial charge in [0.2, 0.25) is 5.91 Å². The molecule has 1 unspecified atom stereocenters. The highest BCUT2D eigenvalue weighted by Crippen LogP contribution is 2.59. The van der Waals surface area contributed by atoms with Crippen LogP contribution in [0.5, 0.6) is 11.5 Å². The van der Waals surface area contributed by atoms with Crippen LogP contribution in [0.2, 0.25) is 0 Å². The van der Waals surface area contributed by atoms with Crippen molar-refractivity contribution in [3.8, 4) is 11.5 Å². The minimum atomic E-state index is -5.76. The molecule has 0 saturated carbocycles. The average molecular weight is 651 g/mol. The smallest absolute Gasteiger partial charge is 0.408 e. The summed E-state index contributed by atoms with van der Waals surface area (Å²) in [5, 5.41) is 15.1. The molecule has 0 heterocycles. The summed E-state index contributed by atoms with van der Waals surface area (Å²) in [6.07, 6.45) is -0.187. The van der Waals surface area contributed by atoms with Crippen LogP contribution >= 0.6 is 7.60 Å². The van der Waals surface area contributed by atoms with Crippen molar-refractivity contribution in [3.05, 3.63) is 95.1 Å². The Bertz CT molecular complexity index is 1500. The van der Waals surface area contributed by atoms with Gasteiger partial charge in [0.15, 0.2) is 0 Å². The first kappa shape index (κ1) is 35.0. The van der Waals surface area contributed by atoms with E-state index < -0.39 is 42.8 Å². The number of alkyl halides is 2. The van der Waals surface area contributed by atoms with E-state index >= 15 is 0 Å². The Labute approximate surface area is 257 Å². The lowest BCUT2D eigenvalue weighted by atomic mass is 10.0. The van der Waals surface area contributed by atoms with E-state index in [-0.39, 0.29) is 43.2 Å². The number of amides is 2. The number of phenolic OH excluding ortho intramolecular Hbond substituents is 1. The van der Waals surface area contributed by atoms with Crippen LogP contribution in [0.1, 0.15) is 39.9 Å². The summed E-state index contributed by atoms with van der Waals surface area (Å²) >= 11 is 0. The van der Waals surface area contributed by atoms with Crippen LogP contribution < -0.4 is 15.4 Å². The van der Waals surface area contributed by atoms with Gasteiger partial charge in [-0.15, -0.1) is 0 Å². The maximum atomic E-state index is 14.1. The molecule has 15 heteroatoms. The number of alkyl carbamates (subject to hydrolysis) is 1. The van der Waals surface area contributed by atoms with E-state index in [0.717, 1.165) is 12.1 Å². The Morgan fingerprint density at radius 2 is 1.62 bits per heavy atom. The van der Waals surface area contributed by atoms with Crippen LogP contribution in [-0.2, 0) is 37.5 Å². The fourth-order valence-corrected chi connectivity index (χ4v) is 4.54. The van der Waals surface area contributed by atoms with Crippen LogP contribution in [0.25, 0.3) is 0 Å². The molecular weight excluding hydrogens is 617 g/mol. The number of nitrogens with one attached hydrogen (secondary N) is 2. The van der Waals surface area contributed by atoms with E-state index in [1.807, 2.05) is 0 Å². The molecule has 0 saturated heterocycles. The van der Waals surface area contributed by atoms with E-state index in [0.29, 0.717) is 24.0 Å². The molecule has 2 amide bonds. The molecule has 3 rings (SSSR count). The molecule has 1 atom stereocenters. The zero-order valence-electron chi connectivity index (χ0n) is 24.2. The molecular formula is C30H33F2N2O10P. The van der Waals surface area contributed by atoms with Crippen molar-refractivity contribution in [3.63, 3.8) is 0 Å². The highest BCUT2D eigenvalue weighted by Gasteiger charge is 2.50. The van der Waals surface area contributed by atoms with Crippen molar-refractivity contribution in [2.45, 2.75) is 37.6 Å². The Morgan fingerprint density at radius 1 is 0.933 bits per heavy atom.